The maximum atomic E-state index is 12.8. The Morgan fingerprint density at radius 1 is 1.07 bits per heavy atom. The molecule has 6 heteroatoms. The number of nitrogens with one attached hydrogen (secondary N) is 2. The minimum absolute atomic E-state index is 0.124. The smallest absolute Gasteiger partial charge is 0.280 e. The van der Waals surface area contributed by atoms with Gasteiger partial charge in [-0.25, -0.2) is 4.68 Å². The van der Waals surface area contributed by atoms with Crippen molar-refractivity contribution in [1.29, 1.82) is 0 Å². The molecule has 0 saturated heterocycles. The van der Waals surface area contributed by atoms with E-state index in [9.17, 15) is 9.59 Å². The number of carbonyl (C=O) groups is 1. The van der Waals surface area contributed by atoms with Crippen molar-refractivity contribution in [2.24, 2.45) is 4.99 Å². The summed E-state index contributed by atoms with van der Waals surface area (Å²) in [5.41, 5.74) is 5.62. The highest BCUT2D eigenvalue weighted by molar-refractivity contribution is 5.89. The molecule has 0 aliphatic heterocycles. The Labute approximate surface area is 157 Å². The summed E-state index contributed by atoms with van der Waals surface area (Å²) >= 11 is 0. The molecule has 0 atom stereocenters. The summed E-state index contributed by atoms with van der Waals surface area (Å²) in [6.07, 6.45) is 1.57. The molecule has 1 amide bonds. The fraction of sp³-hybridized carbons (Fsp3) is 0.190. The number of H-pyrrole nitrogens is 1. The first-order valence-electron chi connectivity index (χ1n) is 8.66. The largest absolute Gasteiger partial charge is 0.326 e. The van der Waals surface area contributed by atoms with E-state index in [1.807, 2.05) is 39.0 Å². The number of hydrogen-bond donors (Lipinski definition) is 2. The second-order valence-electron chi connectivity index (χ2n) is 6.55. The van der Waals surface area contributed by atoms with Crippen molar-refractivity contribution >= 4 is 23.5 Å². The van der Waals surface area contributed by atoms with Gasteiger partial charge in [-0.1, -0.05) is 6.07 Å². The Morgan fingerprint density at radius 2 is 1.78 bits per heavy atom. The number of benzene rings is 2. The number of amides is 1. The zero-order valence-electron chi connectivity index (χ0n) is 15.8. The molecule has 27 heavy (non-hydrogen) atoms. The molecule has 0 unspecified atom stereocenters. The van der Waals surface area contributed by atoms with Crippen LogP contribution in [0.1, 0.15) is 29.3 Å². The summed E-state index contributed by atoms with van der Waals surface area (Å²) in [4.78, 5) is 28.2. The van der Waals surface area contributed by atoms with Crippen LogP contribution >= 0.6 is 0 Å². The standard InChI is InChI=1S/C21H22N4O2/c1-13-5-10-19(11-14(13)2)25-21(27)20(15(3)24-25)12-22-17-6-8-18(9-7-17)23-16(4)26/h5-12,24H,1-4H3,(H,23,26). The van der Waals surface area contributed by atoms with Crippen LogP contribution in [0.5, 0.6) is 0 Å². The highest BCUT2D eigenvalue weighted by atomic mass is 16.1. The van der Waals surface area contributed by atoms with Crippen molar-refractivity contribution in [2.45, 2.75) is 27.7 Å². The second kappa shape index (κ2) is 7.45. The first kappa shape index (κ1) is 18.4. The third-order valence-corrected chi connectivity index (χ3v) is 4.40. The van der Waals surface area contributed by atoms with Crippen molar-refractivity contribution < 1.29 is 4.79 Å². The highest BCUT2D eigenvalue weighted by Gasteiger charge is 2.11. The van der Waals surface area contributed by atoms with Crippen LogP contribution < -0.4 is 10.9 Å². The predicted octanol–water partition coefficient (Wildman–Crippen LogP) is 3.80. The molecule has 2 N–H and O–H groups in total. The van der Waals surface area contributed by atoms with Gasteiger partial charge in [0.25, 0.3) is 5.56 Å². The molecule has 0 radical (unpaired) electrons. The third kappa shape index (κ3) is 4.06. The van der Waals surface area contributed by atoms with Gasteiger partial charge in [-0.3, -0.25) is 19.7 Å². The first-order chi connectivity index (χ1) is 12.8. The predicted molar refractivity (Wildman–Crippen MR) is 109 cm³/mol. The van der Waals surface area contributed by atoms with Crippen LogP contribution in [-0.2, 0) is 4.79 Å². The average molecular weight is 362 g/mol. The topological polar surface area (TPSA) is 79.2 Å². The number of carbonyl (C=O) groups excluding carboxylic acids is 1. The average Bonchev–Trinajstić information content (AvgIpc) is 2.90. The first-order valence-corrected chi connectivity index (χ1v) is 8.66. The van der Waals surface area contributed by atoms with Crippen LogP contribution in [0, 0.1) is 20.8 Å². The molecule has 1 heterocycles. The van der Waals surface area contributed by atoms with Gasteiger partial charge in [-0.2, -0.15) is 0 Å². The van der Waals surface area contributed by atoms with Gasteiger partial charge in [-0.15, -0.1) is 0 Å². The van der Waals surface area contributed by atoms with Crippen LogP contribution in [0.4, 0.5) is 11.4 Å². The van der Waals surface area contributed by atoms with Crippen LogP contribution in [-0.4, -0.2) is 21.9 Å². The van der Waals surface area contributed by atoms with E-state index in [1.54, 1.807) is 30.5 Å². The van der Waals surface area contributed by atoms with Crippen molar-refractivity contribution in [3.05, 3.63) is 75.2 Å². The van der Waals surface area contributed by atoms with Gasteiger partial charge in [0, 0.05) is 24.5 Å². The molecular weight excluding hydrogens is 340 g/mol. The zero-order chi connectivity index (χ0) is 19.6. The monoisotopic (exact) mass is 362 g/mol. The molecule has 0 spiro atoms. The number of aliphatic imine (C=N–C) groups is 1. The molecule has 0 aliphatic carbocycles. The number of hydrogen-bond acceptors (Lipinski definition) is 3. The van der Waals surface area contributed by atoms with Crippen LogP contribution in [0.3, 0.4) is 0 Å². The lowest BCUT2D eigenvalue weighted by molar-refractivity contribution is -0.114. The molecule has 1 aromatic heterocycles. The van der Waals surface area contributed by atoms with E-state index in [1.165, 1.54) is 17.2 Å². The van der Waals surface area contributed by atoms with E-state index in [0.29, 0.717) is 16.9 Å². The van der Waals surface area contributed by atoms with E-state index in [0.717, 1.165) is 16.9 Å². The van der Waals surface area contributed by atoms with E-state index in [-0.39, 0.29) is 11.5 Å². The van der Waals surface area contributed by atoms with Crippen LogP contribution in [0.25, 0.3) is 5.69 Å². The van der Waals surface area contributed by atoms with Gasteiger partial charge in [0.1, 0.15) is 0 Å². The summed E-state index contributed by atoms with van der Waals surface area (Å²) < 4.78 is 1.53. The third-order valence-electron chi connectivity index (χ3n) is 4.40. The normalized spacial score (nSPS) is 11.1. The molecule has 0 aliphatic rings. The van der Waals surface area contributed by atoms with Crippen LogP contribution in [0.2, 0.25) is 0 Å². The minimum Gasteiger partial charge on any atom is -0.326 e. The van der Waals surface area contributed by atoms with Gasteiger partial charge >= 0.3 is 0 Å². The summed E-state index contributed by atoms with van der Waals surface area (Å²) in [7, 11) is 0. The van der Waals surface area contributed by atoms with E-state index in [4.69, 9.17) is 0 Å². The number of rotatable bonds is 4. The van der Waals surface area contributed by atoms with Crippen molar-refractivity contribution in [3.63, 3.8) is 0 Å². The number of aryl methyl sites for hydroxylation is 3. The Kier molecular flexibility index (Phi) is 5.07. The van der Waals surface area contributed by atoms with Gasteiger partial charge in [0.2, 0.25) is 5.91 Å². The summed E-state index contributed by atoms with van der Waals surface area (Å²) in [6, 6.07) is 13.0. The van der Waals surface area contributed by atoms with E-state index in [2.05, 4.69) is 15.4 Å². The van der Waals surface area contributed by atoms with Crippen molar-refractivity contribution in [2.75, 3.05) is 5.32 Å². The van der Waals surface area contributed by atoms with Crippen LogP contribution in [0.15, 0.2) is 52.3 Å². The maximum absolute atomic E-state index is 12.8. The molecule has 0 saturated carbocycles. The van der Waals surface area contributed by atoms with Gasteiger partial charge in [0.15, 0.2) is 0 Å². The molecule has 0 fully saturated rings. The van der Waals surface area contributed by atoms with Crippen molar-refractivity contribution in [1.82, 2.24) is 9.78 Å². The lowest BCUT2D eigenvalue weighted by atomic mass is 10.1. The molecule has 3 rings (SSSR count). The quantitative estimate of drug-likeness (QED) is 0.692. The van der Waals surface area contributed by atoms with Gasteiger partial charge in [0.05, 0.1) is 16.9 Å². The SMILES string of the molecule is CC(=O)Nc1ccc(N=Cc2c(C)[nH]n(-c3ccc(C)c(C)c3)c2=O)cc1. The summed E-state index contributed by atoms with van der Waals surface area (Å²) in [5, 5.41) is 5.81. The van der Waals surface area contributed by atoms with Gasteiger partial charge < -0.3 is 5.32 Å². The fourth-order valence-electron chi connectivity index (χ4n) is 2.73. The Morgan fingerprint density at radius 3 is 2.41 bits per heavy atom. The number of anilines is 1. The lowest BCUT2D eigenvalue weighted by Gasteiger charge is -2.05. The molecule has 138 valence electrons. The molecule has 0 bridgehead atoms. The molecule has 6 nitrogen and oxygen atoms in total. The number of nitrogens with zero attached hydrogens (tertiary/aromatic N) is 2. The minimum atomic E-state index is -0.144. The number of aromatic nitrogens is 2. The molecule has 2 aromatic carbocycles. The van der Waals surface area contributed by atoms with E-state index < -0.39 is 0 Å². The maximum Gasteiger partial charge on any atom is 0.280 e. The zero-order valence-corrected chi connectivity index (χ0v) is 15.8. The summed E-state index contributed by atoms with van der Waals surface area (Å²) in [6.45, 7) is 7.37. The molecular formula is C21H22N4O2. The fourth-order valence-corrected chi connectivity index (χ4v) is 2.73. The number of aromatic amines is 1. The Balaban J connectivity index is 1.88. The Bertz CT molecular complexity index is 1070. The molecule has 3 aromatic rings. The lowest BCUT2D eigenvalue weighted by Crippen LogP contribution is -2.17. The second-order valence-corrected chi connectivity index (χ2v) is 6.55. The van der Waals surface area contributed by atoms with E-state index >= 15 is 0 Å². The van der Waals surface area contributed by atoms with Gasteiger partial charge in [-0.05, 0) is 68.3 Å². The highest BCUT2D eigenvalue weighted by Crippen LogP contribution is 2.17. The Hall–Kier alpha value is -3.41. The summed E-state index contributed by atoms with van der Waals surface area (Å²) in [5.74, 6) is -0.124. The van der Waals surface area contributed by atoms with Crippen molar-refractivity contribution in [3.8, 4) is 5.69 Å².